The van der Waals surface area contributed by atoms with E-state index in [1.165, 1.54) is 0 Å². The van der Waals surface area contributed by atoms with Crippen LogP contribution >= 0.6 is 0 Å². The van der Waals surface area contributed by atoms with Gasteiger partial charge < -0.3 is 20.0 Å². The number of benzene rings is 2. The number of hydrogen-bond donors (Lipinski definition) is 2. The van der Waals surface area contributed by atoms with E-state index in [9.17, 15) is 14.8 Å². The first-order chi connectivity index (χ1) is 14.9. The van der Waals surface area contributed by atoms with Crippen molar-refractivity contribution in [3.05, 3.63) is 71.8 Å². The summed E-state index contributed by atoms with van der Waals surface area (Å²) in [5, 5.41) is 14.3. The molecule has 1 aliphatic heterocycles. The third-order valence-electron chi connectivity index (χ3n) is 5.37. The molecule has 1 heterocycles. The van der Waals surface area contributed by atoms with E-state index >= 15 is 0 Å². The third kappa shape index (κ3) is 6.80. The van der Waals surface area contributed by atoms with Gasteiger partial charge in [-0.05, 0) is 17.0 Å². The zero-order valence-corrected chi connectivity index (χ0v) is 17.9. The summed E-state index contributed by atoms with van der Waals surface area (Å²) in [6.45, 7) is 4.58. The summed E-state index contributed by atoms with van der Waals surface area (Å²) >= 11 is 0. The van der Waals surface area contributed by atoms with E-state index in [0.29, 0.717) is 13.0 Å². The van der Waals surface area contributed by atoms with Crippen molar-refractivity contribution in [3.63, 3.8) is 0 Å². The molecule has 3 atom stereocenters. The maximum absolute atomic E-state index is 12.4. The van der Waals surface area contributed by atoms with Crippen LogP contribution in [0.2, 0.25) is 0 Å². The first kappa shape index (κ1) is 22.8. The van der Waals surface area contributed by atoms with Crippen molar-refractivity contribution < 1.29 is 24.3 Å². The summed E-state index contributed by atoms with van der Waals surface area (Å²) in [5.74, 6) is -0.778. The van der Waals surface area contributed by atoms with Crippen LogP contribution in [-0.2, 0) is 27.4 Å². The van der Waals surface area contributed by atoms with Crippen LogP contribution in [0.3, 0.4) is 0 Å². The normalized spacial score (nSPS) is 19.3. The average molecular weight is 427 g/mol. The molecule has 1 aliphatic rings. The largest absolute Gasteiger partial charge is 0.460 e. The molecule has 3 rings (SSSR count). The first-order valence-electron chi connectivity index (χ1n) is 10.6. The number of ether oxygens (including phenoxy) is 2. The van der Waals surface area contributed by atoms with Crippen LogP contribution in [-0.4, -0.2) is 41.0 Å². The molecule has 31 heavy (non-hydrogen) atoms. The zero-order valence-electron chi connectivity index (χ0n) is 17.9. The summed E-state index contributed by atoms with van der Waals surface area (Å²) in [6, 6.07) is 18.6. The summed E-state index contributed by atoms with van der Waals surface area (Å²) < 4.78 is 10.9. The molecule has 0 unspecified atom stereocenters. The number of carbonyl (C=O) groups excluding carboxylic acids is 2. The monoisotopic (exact) mass is 426 g/mol. The van der Waals surface area contributed by atoms with Gasteiger partial charge in [0.1, 0.15) is 12.7 Å². The summed E-state index contributed by atoms with van der Waals surface area (Å²) in [7, 11) is 0. The second kappa shape index (κ2) is 10.9. The second-order valence-electron chi connectivity index (χ2n) is 8.22. The number of hydrogen-bond acceptors (Lipinski definition) is 6. The highest BCUT2D eigenvalue weighted by atomic mass is 16.6. The van der Waals surface area contributed by atoms with Gasteiger partial charge in [-0.15, -0.1) is 0 Å². The Morgan fingerprint density at radius 2 is 1.74 bits per heavy atom. The molecule has 0 bridgehead atoms. The first-order valence-corrected chi connectivity index (χ1v) is 10.6. The molecule has 7 heteroatoms. The van der Waals surface area contributed by atoms with Gasteiger partial charge in [0.2, 0.25) is 0 Å². The Morgan fingerprint density at radius 3 is 2.35 bits per heavy atom. The average Bonchev–Trinajstić information content (AvgIpc) is 3.11. The van der Waals surface area contributed by atoms with Crippen LogP contribution in [0, 0.1) is 11.8 Å². The topological polar surface area (TPSA) is 88.1 Å². The Balaban J connectivity index is 1.52. The van der Waals surface area contributed by atoms with Gasteiger partial charge in [0.25, 0.3) is 0 Å². The van der Waals surface area contributed by atoms with E-state index in [1.807, 2.05) is 74.5 Å². The number of cyclic esters (lactones) is 1. The van der Waals surface area contributed by atoms with Crippen LogP contribution < -0.4 is 5.32 Å². The lowest BCUT2D eigenvalue weighted by Crippen LogP contribution is -2.47. The summed E-state index contributed by atoms with van der Waals surface area (Å²) in [5.41, 5.74) is 1.85. The molecular formula is C24H30N2O5. The number of nitrogens with zero attached hydrogens (tertiary/aromatic N) is 1. The van der Waals surface area contributed by atoms with Crippen LogP contribution in [0.25, 0.3) is 0 Å². The Labute approximate surface area is 182 Å². The molecule has 0 saturated carbocycles. The molecule has 2 N–H and O–H groups in total. The lowest BCUT2D eigenvalue weighted by molar-refractivity contribution is -0.151. The highest BCUT2D eigenvalue weighted by molar-refractivity contribution is 5.75. The summed E-state index contributed by atoms with van der Waals surface area (Å²) in [4.78, 5) is 24.7. The van der Waals surface area contributed by atoms with Gasteiger partial charge in [0.15, 0.2) is 0 Å². The van der Waals surface area contributed by atoms with Crippen LogP contribution in [0.15, 0.2) is 60.7 Å². The number of hydroxylamine groups is 2. The fourth-order valence-corrected chi connectivity index (χ4v) is 3.74. The molecule has 166 valence electrons. The van der Waals surface area contributed by atoms with Gasteiger partial charge in [-0.3, -0.25) is 4.79 Å². The van der Waals surface area contributed by atoms with Crippen LogP contribution in [0.1, 0.15) is 31.4 Å². The van der Waals surface area contributed by atoms with Gasteiger partial charge in [-0.25, -0.2) is 4.79 Å². The van der Waals surface area contributed by atoms with Gasteiger partial charge in [0.05, 0.1) is 12.0 Å². The van der Waals surface area contributed by atoms with Gasteiger partial charge in [-0.1, -0.05) is 74.5 Å². The number of alkyl carbamates (subject to hydrolysis) is 1. The minimum Gasteiger partial charge on any atom is -0.460 e. The number of amides is 1. The maximum atomic E-state index is 12.4. The highest BCUT2D eigenvalue weighted by Gasteiger charge is 2.41. The third-order valence-corrected chi connectivity index (χ3v) is 5.37. The minimum absolute atomic E-state index is 0.0374. The van der Waals surface area contributed by atoms with Crippen molar-refractivity contribution >= 4 is 12.1 Å². The molecule has 0 radical (unpaired) electrons. The predicted octanol–water partition coefficient (Wildman–Crippen LogP) is 3.76. The lowest BCUT2D eigenvalue weighted by Gasteiger charge is -2.26. The van der Waals surface area contributed by atoms with E-state index in [0.717, 1.165) is 16.2 Å². The molecule has 0 aliphatic carbocycles. The molecule has 1 amide bonds. The van der Waals surface area contributed by atoms with Crippen LogP contribution in [0.5, 0.6) is 0 Å². The minimum atomic E-state index is -0.546. The molecular weight excluding hydrogens is 396 g/mol. The Kier molecular flexibility index (Phi) is 8.03. The number of nitrogens with one attached hydrogen (secondary N) is 1. The van der Waals surface area contributed by atoms with Crippen molar-refractivity contribution in [2.45, 2.75) is 45.6 Å². The van der Waals surface area contributed by atoms with Crippen molar-refractivity contribution in [3.8, 4) is 0 Å². The van der Waals surface area contributed by atoms with Gasteiger partial charge in [0, 0.05) is 19.5 Å². The smallest absolute Gasteiger partial charge is 0.407 e. The molecule has 0 aromatic heterocycles. The van der Waals surface area contributed by atoms with E-state index in [4.69, 9.17) is 9.47 Å². The fourth-order valence-electron chi connectivity index (χ4n) is 3.74. The predicted molar refractivity (Wildman–Crippen MR) is 115 cm³/mol. The SMILES string of the molecule is CC(C)[C@H](NC(=O)OCc1ccccc1)[C@@H]1C[C@H](CN(O)Cc2ccccc2)C(=O)O1. The zero-order chi connectivity index (χ0) is 22.2. The van der Waals surface area contributed by atoms with E-state index in [2.05, 4.69) is 5.32 Å². The van der Waals surface area contributed by atoms with Crippen molar-refractivity contribution in [1.82, 2.24) is 10.4 Å². The van der Waals surface area contributed by atoms with Crippen molar-refractivity contribution in [1.29, 1.82) is 0 Å². The van der Waals surface area contributed by atoms with Gasteiger partial charge >= 0.3 is 12.1 Å². The number of rotatable bonds is 9. The van der Waals surface area contributed by atoms with E-state index in [-0.39, 0.29) is 31.1 Å². The molecule has 1 saturated heterocycles. The van der Waals surface area contributed by atoms with Crippen LogP contribution in [0.4, 0.5) is 4.79 Å². The number of carbonyl (C=O) groups is 2. The fraction of sp³-hybridized carbons (Fsp3) is 0.417. The second-order valence-corrected chi connectivity index (χ2v) is 8.22. The number of esters is 1. The standard InChI is InChI=1S/C24H30N2O5/c1-17(2)22(25-24(28)30-16-19-11-7-4-8-12-19)21-13-20(23(27)31-21)15-26(29)14-18-9-5-3-6-10-18/h3-12,17,20-22,29H,13-16H2,1-2H3,(H,25,28)/t20-,21+,22+/m1/s1. The molecule has 1 fully saturated rings. The molecule has 7 nitrogen and oxygen atoms in total. The Bertz CT molecular complexity index is 844. The quantitative estimate of drug-likeness (QED) is 0.469. The highest BCUT2D eigenvalue weighted by Crippen LogP contribution is 2.27. The maximum Gasteiger partial charge on any atom is 0.407 e. The Hall–Kier alpha value is -2.90. The molecule has 2 aromatic rings. The van der Waals surface area contributed by atoms with E-state index in [1.54, 1.807) is 0 Å². The summed E-state index contributed by atoms with van der Waals surface area (Å²) in [6.07, 6.45) is -0.589. The lowest BCUT2D eigenvalue weighted by atomic mass is 9.93. The van der Waals surface area contributed by atoms with Gasteiger partial charge in [-0.2, -0.15) is 5.06 Å². The molecule has 2 aromatic carbocycles. The van der Waals surface area contributed by atoms with Crippen molar-refractivity contribution in [2.75, 3.05) is 6.54 Å². The molecule has 0 spiro atoms. The van der Waals surface area contributed by atoms with Crippen molar-refractivity contribution in [2.24, 2.45) is 11.8 Å². The van der Waals surface area contributed by atoms with E-state index < -0.39 is 18.1 Å². The Morgan fingerprint density at radius 1 is 1.13 bits per heavy atom.